The van der Waals surface area contributed by atoms with E-state index in [1.165, 1.54) is 20.3 Å². The summed E-state index contributed by atoms with van der Waals surface area (Å²) in [5.74, 6) is -0.0263. The lowest BCUT2D eigenvalue weighted by Gasteiger charge is -2.08. The number of aliphatic carboxylic acids is 1. The molecule has 130 valence electrons. The van der Waals surface area contributed by atoms with Crippen molar-refractivity contribution in [2.45, 2.75) is 0 Å². The van der Waals surface area contributed by atoms with Crippen LogP contribution in [0.1, 0.15) is 15.9 Å². The van der Waals surface area contributed by atoms with Crippen LogP contribution >= 0.6 is 0 Å². The fourth-order valence-electron chi connectivity index (χ4n) is 2.08. The largest absolute Gasteiger partial charge is 0.546 e. The quantitative estimate of drug-likeness (QED) is 0.537. The average Bonchev–Trinajstić information content (AvgIpc) is 2.64. The highest BCUT2D eigenvalue weighted by Gasteiger charge is 2.08. The minimum Gasteiger partial charge on any atom is -0.546 e. The summed E-state index contributed by atoms with van der Waals surface area (Å²) in [4.78, 5) is 22.6. The van der Waals surface area contributed by atoms with E-state index < -0.39 is 12.6 Å². The molecule has 2 aromatic carbocycles. The highest BCUT2D eigenvalue weighted by molar-refractivity contribution is 6.07. The molecular formula is C19H17O6-. The molecule has 0 N–H and O–H groups in total. The maximum atomic E-state index is 12.3. The molecule has 0 aliphatic heterocycles. The molecule has 2 rings (SSSR count). The van der Waals surface area contributed by atoms with Crippen LogP contribution in [0.2, 0.25) is 0 Å². The van der Waals surface area contributed by atoms with Crippen molar-refractivity contribution < 1.29 is 28.9 Å². The average molecular weight is 341 g/mol. The van der Waals surface area contributed by atoms with Gasteiger partial charge in [-0.3, -0.25) is 4.79 Å². The lowest BCUT2D eigenvalue weighted by molar-refractivity contribution is -0.307. The second-order valence-electron chi connectivity index (χ2n) is 5.00. The monoisotopic (exact) mass is 341 g/mol. The fraction of sp³-hybridized carbons (Fsp3) is 0.158. The Morgan fingerprint density at radius 2 is 1.68 bits per heavy atom. The van der Waals surface area contributed by atoms with Gasteiger partial charge in [-0.25, -0.2) is 0 Å². The highest BCUT2D eigenvalue weighted by atomic mass is 16.5. The number of allylic oxidation sites excluding steroid dienone is 1. The van der Waals surface area contributed by atoms with Gasteiger partial charge in [-0.1, -0.05) is 18.2 Å². The molecule has 2 aromatic rings. The third-order valence-corrected chi connectivity index (χ3v) is 3.33. The predicted octanol–water partition coefficient (Wildman–Crippen LogP) is 1.73. The first-order valence-electron chi connectivity index (χ1n) is 7.40. The molecule has 6 heteroatoms. The third-order valence-electron chi connectivity index (χ3n) is 3.33. The standard InChI is InChI=1S/C19H18O6/c1-23-17-10-6-14(11-18(17)24-2)16(20)9-5-13-3-7-15(8-4-13)25-12-19(21)22/h3-11H,12H2,1-2H3,(H,21,22)/p-1/b9-5+. The van der Waals surface area contributed by atoms with Gasteiger partial charge in [0.05, 0.1) is 20.2 Å². The Kier molecular flexibility index (Phi) is 6.17. The number of benzene rings is 2. The van der Waals surface area contributed by atoms with E-state index in [1.807, 2.05) is 0 Å². The minimum absolute atomic E-state index is 0.182. The van der Waals surface area contributed by atoms with Crippen LogP contribution in [0, 0.1) is 0 Å². The number of ether oxygens (including phenoxy) is 3. The molecule has 0 unspecified atom stereocenters. The Morgan fingerprint density at radius 1 is 1.00 bits per heavy atom. The van der Waals surface area contributed by atoms with Crippen LogP contribution in [0.4, 0.5) is 0 Å². The van der Waals surface area contributed by atoms with Crippen molar-refractivity contribution in [3.63, 3.8) is 0 Å². The lowest BCUT2D eigenvalue weighted by Crippen LogP contribution is -2.28. The summed E-state index contributed by atoms with van der Waals surface area (Å²) in [6.45, 7) is -0.507. The number of carbonyl (C=O) groups excluding carboxylic acids is 2. The smallest absolute Gasteiger partial charge is 0.185 e. The number of methoxy groups -OCH3 is 2. The summed E-state index contributed by atoms with van der Waals surface area (Å²) >= 11 is 0. The molecule has 0 aromatic heterocycles. The first-order valence-corrected chi connectivity index (χ1v) is 7.40. The van der Waals surface area contributed by atoms with Gasteiger partial charge in [-0.05, 0) is 42.0 Å². The summed E-state index contributed by atoms with van der Waals surface area (Å²) in [7, 11) is 3.03. The van der Waals surface area contributed by atoms with Gasteiger partial charge in [0.25, 0.3) is 0 Å². The van der Waals surface area contributed by atoms with Gasteiger partial charge in [-0.15, -0.1) is 0 Å². The van der Waals surface area contributed by atoms with E-state index >= 15 is 0 Å². The molecule has 0 atom stereocenters. The molecule has 0 radical (unpaired) electrons. The maximum Gasteiger partial charge on any atom is 0.185 e. The highest BCUT2D eigenvalue weighted by Crippen LogP contribution is 2.27. The first kappa shape index (κ1) is 18.1. The number of rotatable bonds is 8. The van der Waals surface area contributed by atoms with Crippen LogP contribution < -0.4 is 19.3 Å². The van der Waals surface area contributed by atoms with Gasteiger partial charge in [0, 0.05) is 5.56 Å². The van der Waals surface area contributed by atoms with Gasteiger partial charge in [0.1, 0.15) is 12.4 Å². The van der Waals surface area contributed by atoms with Crippen LogP contribution in [0.5, 0.6) is 17.2 Å². The van der Waals surface area contributed by atoms with Crippen molar-refractivity contribution in [2.75, 3.05) is 20.8 Å². The molecule has 0 saturated carbocycles. The zero-order valence-corrected chi connectivity index (χ0v) is 13.9. The second kappa shape index (κ2) is 8.54. The van der Waals surface area contributed by atoms with E-state index in [1.54, 1.807) is 48.5 Å². The summed E-state index contributed by atoms with van der Waals surface area (Å²) in [6, 6.07) is 11.6. The molecule has 0 heterocycles. The third kappa shape index (κ3) is 5.10. The number of carboxylic acid groups (broad SMARTS) is 1. The van der Waals surface area contributed by atoms with E-state index in [0.717, 1.165) is 5.56 Å². The summed E-state index contributed by atoms with van der Waals surface area (Å²) in [5, 5.41) is 10.3. The molecule has 0 bridgehead atoms. The molecule has 25 heavy (non-hydrogen) atoms. The zero-order chi connectivity index (χ0) is 18.2. The number of hydrogen-bond donors (Lipinski definition) is 0. The molecule has 0 fully saturated rings. The topological polar surface area (TPSA) is 84.9 Å². The Bertz CT molecular complexity index is 777. The molecule has 0 aliphatic rings. The summed E-state index contributed by atoms with van der Waals surface area (Å²) in [5.41, 5.74) is 1.25. The van der Waals surface area contributed by atoms with E-state index in [0.29, 0.717) is 22.8 Å². The Hall–Kier alpha value is -3.28. The van der Waals surface area contributed by atoms with Crippen LogP contribution in [0.15, 0.2) is 48.5 Å². The van der Waals surface area contributed by atoms with Gasteiger partial charge < -0.3 is 24.1 Å². The summed E-state index contributed by atoms with van der Waals surface area (Å²) in [6.07, 6.45) is 3.10. The molecule has 6 nitrogen and oxygen atoms in total. The summed E-state index contributed by atoms with van der Waals surface area (Å²) < 4.78 is 15.3. The van der Waals surface area contributed by atoms with Gasteiger partial charge >= 0.3 is 0 Å². The van der Waals surface area contributed by atoms with E-state index in [4.69, 9.17) is 14.2 Å². The second-order valence-corrected chi connectivity index (χ2v) is 5.00. The maximum absolute atomic E-state index is 12.3. The van der Waals surface area contributed by atoms with Crippen molar-refractivity contribution >= 4 is 17.8 Å². The Labute approximate surface area is 145 Å². The first-order chi connectivity index (χ1) is 12.0. The number of carboxylic acids is 1. The van der Waals surface area contributed by atoms with Crippen molar-refractivity contribution in [1.29, 1.82) is 0 Å². The Morgan fingerprint density at radius 3 is 2.28 bits per heavy atom. The van der Waals surface area contributed by atoms with Gasteiger partial charge in [0.2, 0.25) is 0 Å². The van der Waals surface area contributed by atoms with Crippen molar-refractivity contribution in [3.05, 3.63) is 59.7 Å². The van der Waals surface area contributed by atoms with Gasteiger partial charge in [0.15, 0.2) is 17.3 Å². The Balaban J connectivity index is 2.05. The van der Waals surface area contributed by atoms with E-state index in [2.05, 4.69) is 0 Å². The molecule has 0 amide bonds. The van der Waals surface area contributed by atoms with Crippen molar-refractivity contribution in [2.24, 2.45) is 0 Å². The number of carbonyl (C=O) groups is 2. The van der Waals surface area contributed by atoms with Crippen LogP contribution in [0.3, 0.4) is 0 Å². The molecule has 0 spiro atoms. The van der Waals surface area contributed by atoms with Crippen molar-refractivity contribution in [1.82, 2.24) is 0 Å². The van der Waals surface area contributed by atoms with Crippen LogP contribution in [-0.4, -0.2) is 32.6 Å². The predicted molar refractivity (Wildman–Crippen MR) is 89.9 cm³/mol. The molecular weight excluding hydrogens is 324 g/mol. The van der Waals surface area contributed by atoms with Crippen LogP contribution in [-0.2, 0) is 4.79 Å². The normalized spacial score (nSPS) is 10.5. The van der Waals surface area contributed by atoms with Crippen LogP contribution in [0.25, 0.3) is 6.08 Å². The lowest BCUT2D eigenvalue weighted by atomic mass is 10.1. The van der Waals surface area contributed by atoms with Gasteiger partial charge in [-0.2, -0.15) is 0 Å². The fourth-order valence-corrected chi connectivity index (χ4v) is 2.08. The van der Waals surface area contributed by atoms with E-state index in [9.17, 15) is 14.7 Å². The SMILES string of the molecule is COc1ccc(C(=O)/C=C/c2ccc(OCC(=O)[O-])cc2)cc1OC. The zero-order valence-electron chi connectivity index (χ0n) is 13.9. The number of hydrogen-bond acceptors (Lipinski definition) is 6. The number of ketones is 1. The van der Waals surface area contributed by atoms with E-state index in [-0.39, 0.29) is 5.78 Å². The molecule has 0 saturated heterocycles. The molecule has 0 aliphatic carbocycles. The minimum atomic E-state index is -1.29. The van der Waals surface area contributed by atoms with Crippen molar-refractivity contribution in [3.8, 4) is 17.2 Å².